The molecule has 2 rings (SSSR count). The van der Waals surface area contributed by atoms with Crippen LogP contribution in [0.2, 0.25) is 0 Å². The van der Waals surface area contributed by atoms with Gasteiger partial charge in [0, 0.05) is 40.2 Å². The van der Waals surface area contributed by atoms with E-state index < -0.39 is 0 Å². The average Bonchev–Trinajstić information content (AvgIpc) is 2.96. The predicted octanol–water partition coefficient (Wildman–Crippen LogP) is 0.900. The smallest absolute Gasteiger partial charge is 0.267 e. The van der Waals surface area contributed by atoms with Crippen LogP contribution in [0.5, 0.6) is 0 Å². The van der Waals surface area contributed by atoms with E-state index in [0.29, 0.717) is 23.2 Å². The molecule has 0 aliphatic carbocycles. The Balaban J connectivity index is 2.08. The molecule has 2 N–H and O–H groups in total. The molecular formula is C12H20N4O2S. The highest BCUT2D eigenvalue weighted by molar-refractivity contribution is 7.18. The fraction of sp³-hybridized carbons (Fsp3) is 0.667. The van der Waals surface area contributed by atoms with Gasteiger partial charge in [0.25, 0.3) is 5.91 Å². The molecule has 1 fully saturated rings. The fourth-order valence-corrected chi connectivity index (χ4v) is 3.07. The van der Waals surface area contributed by atoms with E-state index in [9.17, 15) is 4.79 Å². The van der Waals surface area contributed by atoms with Crippen molar-refractivity contribution >= 4 is 28.2 Å². The second-order valence-corrected chi connectivity index (χ2v) is 5.94. The molecule has 7 heteroatoms. The highest BCUT2D eigenvalue weighted by Crippen LogP contribution is 2.29. The summed E-state index contributed by atoms with van der Waals surface area (Å²) in [4.78, 5) is 20.9. The van der Waals surface area contributed by atoms with Crippen molar-refractivity contribution in [3.05, 3.63) is 4.88 Å². The second kappa shape index (κ2) is 5.75. The van der Waals surface area contributed by atoms with Crippen molar-refractivity contribution in [2.45, 2.75) is 6.42 Å². The van der Waals surface area contributed by atoms with Gasteiger partial charge in [-0.15, -0.1) is 0 Å². The minimum atomic E-state index is -0.0123. The highest BCUT2D eigenvalue weighted by Gasteiger charge is 2.29. The second-order valence-electron chi connectivity index (χ2n) is 4.97. The number of rotatable bonds is 4. The minimum absolute atomic E-state index is 0.0123. The Morgan fingerprint density at radius 1 is 1.63 bits per heavy atom. The Kier molecular flexibility index (Phi) is 4.26. The van der Waals surface area contributed by atoms with E-state index in [2.05, 4.69) is 4.98 Å². The molecule has 1 aliphatic heterocycles. The lowest BCUT2D eigenvalue weighted by Gasteiger charge is -2.15. The number of aromatic nitrogens is 1. The molecule has 0 aromatic carbocycles. The van der Waals surface area contributed by atoms with Crippen molar-refractivity contribution in [3.63, 3.8) is 0 Å². The van der Waals surface area contributed by atoms with Gasteiger partial charge < -0.3 is 20.3 Å². The predicted molar refractivity (Wildman–Crippen MR) is 76.7 cm³/mol. The number of hydrogen-bond acceptors (Lipinski definition) is 6. The van der Waals surface area contributed by atoms with Crippen molar-refractivity contribution in [3.8, 4) is 0 Å². The van der Waals surface area contributed by atoms with E-state index in [-0.39, 0.29) is 5.91 Å². The number of nitrogen functional groups attached to an aromatic ring is 1. The van der Waals surface area contributed by atoms with Crippen molar-refractivity contribution in [2.24, 2.45) is 5.92 Å². The van der Waals surface area contributed by atoms with Gasteiger partial charge in [-0.1, -0.05) is 11.3 Å². The Labute approximate surface area is 117 Å². The first-order valence-corrected chi connectivity index (χ1v) is 7.06. The van der Waals surface area contributed by atoms with E-state index in [1.807, 2.05) is 23.9 Å². The van der Waals surface area contributed by atoms with Gasteiger partial charge in [-0.25, -0.2) is 4.98 Å². The maximum atomic E-state index is 12.4. The number of nitrogens with zero attached hydrogens (tertiary/aromatic N) is 3. The number of carbonyl (C=O) groups excluding carboxylic acids is 1. The molecule has 106 valence electrons. The lowest BCUT2D eigenvalue weighted by atomic mass is 10.1. The summed E-state index contributed by atoms with van der Waals surface area (Å²) in [6.07, 6.45) is 0.985. The summed E-state index contributed by atoms with van der Waals surface area (Å²) in [6.45, 7) is 2.20. The summed E-state index contributed by atoms with van der Waals surface area (Å²) >= 11 is 1.34. The van der Waals surface area contributed by atoms with Gasteiger partial charge in [-0.05, 0) is 6.42 Å². The summed E-state index contributed by atoms with van der Waals surface area (Å²) in [5.41, 5.74) is 5.84. The van der Waals surface area contributed by atoms with Gasteiger partial charge in [0.05, 0.1) is 6.61 Å². The third kappa shape index (κ3) is 2.98. The topological polar surface area (TPSA) is 71.7 Å². The van der Waals surface area contributed by atoms with Crippen LogP contribution in [0.3, 0.4) is 0 Å². The van der Waals surface area contributed by atoms with Crippen molar-refractivity contribution in [2.75, 3.05) is 51.5 Å². The largest absolute Gasteiger partial charge is 0.384 e. The lowest BCUT2D eigenvalue weighted by molar-refractivity contribution is 0.0781. The molecule has 1 aliphatic rings. The molecule has 1 amide bonds. The lowest BCUT2D eigenvalue weighted by Crippen LogP contribution is -2.29. The average molecular weight is 284 g/mol. The molecule has 2 heterocycles. The molecule has 19 heavy (non-hydrogen) atoms. The number of thiazole rings is 1. The summed E-state index contributed by atoms with van der Waals surface area (Å²) in [5.74, 6) is 0.743. The van der Waals surface area contributed by atoms with E-state index in [4.69, 9.17) is 10.5 Å². The summed E-state index contributed by atoms with van der Waals surface area (Å²) in [7, 11) is 5.46. The van der Waals surface area contributed by atoms with Gasteiger partial charge in [0.2, 0.25) is 0 Å². The Bertz CT molecular complexity index is 461. The number of ether oxygens (including phenoxy) is 1. The first kappa shape index (κ1) is 14.1. The van der Waals surface area contributed by atoms with Gasteiger partial charge in [-0.2, -0.15) is 0 Å². The minimum Gasteiger partial charge on any atom is -0.384 e. The van der Waals surface area contributed by atoms with Crippen molar-refractivity contribution in [1.82, 2.24) is 9.88 Å². The normalized spacial score (nSPS) is 18.9. The summed E-state index contributed by atoms with van der Waals surface area (Å²) in [5, 5.41) is 0.758. The van der Waals surface area contributed by atoms with Crippen LogP contribution in [-0.2, 0) is 4.74 Å². The summed E-state index contributed by atoms with van der Waals surface area (Å²) < 4.78 is 5.14. The third-order valence-electron chi connectivity index (χ3n) is 3.19. The van der Waals surface area contributed by atoms with Crippen LogP contribution in [0.25, 0.3) is 0 Å². The van der Waals surface area contributed by atoms with Gasteiger partial charge in [-0.3, -0.25) is 4.79 Å². The molecule has 1 saturated heterocycles. The maximum Gasteiger partial charge on any atom is 0.267 e. The zero-order chi connectivity index (χ0) is 14.0. The SMILES string of the molecule is COCC1CCN(C(=O)c2sc(N(C)C)nc2N)C1. The zero-order valence-electron chi connectivity index (χ0n) is 11.5. The number of likely N-dealkylation sites (tertiary alicyclic amines) is 1. The Morgan fingerprint density at radius 2 is 2.37 bits per heavy atom. The molecule has 0 bridgehead atoms. The maximum absolute atomic E-state index is 12.4. The van der Waals surface area contributed by atoms with Crippen LogP contribution in [0.4, 0.5) is 10.9 Å². The van der Waals surface area contributed by atoms with Crippen LogP contribution in [0.15, 0.2) is 0 Å². The zero-order valence-corrected chi connectivity index (χ0v) is 12.4. The fourth-order valence-electron chi connectivity index (χ4n) is 2.20. The standard InChI is InChI=1S/C12H20N4O2S/c1-15(2)12-14-10(13)9(19-12)11(17)16-5-4-8(6-16)7-18-3/h8H,4-7,13H2,1-3H3. The Morgan fingerprint density at radius 3 is 2.95 bits per heavy atom. The number of methoxy groups -OCH3 is 1. The number of nitrogens with two attached hydrogens (primary N) is 1. The molecule has 0 spiro atoms. The summed E-state index contributed by atoms with van der Waals surface area (Å²) in [6, 6.07) is 0. The van der Waals surface area contributed by atoms with Crippen molar-refractivity contribution < 1.29 is 9.53 Å². The van der Waals surface area contributed by atoms with Gasteiger partial charge >= 0.3 is 0 Å². The van der Waals surface area contributed by atoms with Gasteiger partial charge in [0.15, 0.2) is 5.13 Å². The molecule has 0 radical (unpaired) electrons. The first-order chi connectivity index (χ1) is 9.02. The van der Waals surface area contributed by atoms with Crippen LogP contribution in [0.1, 0.15) is 16.1 Å². The quantitative estimate of drug-likeness (QED) is 0.889. The van der Waals surface area contributed by atoms with Crippen LogP contribution < -0.4 is 10.6 Å². The molecule has 1 aromatic rings. The molecule has 0 saturated carbocycles. The molecular weight excluding hydrogens is 264 g/mol. The first-order valence-electron chi connectivity index (χ1n) is 6.24. The van der Waals surface area contributed by atoms with E-state index >= 15 is 0 Å². The third-order valence-corrected chi connectivity index (χ3v) is 4.42. The van der Waals surface area contributed by atoms with Crippen LogP contribution in [-0.4, -0.2) is 56.7 Å². The molecule has 1 aromatic heterocycles. The van der Waals surface area contributed by atoms with E-state index in [0.717, 1.165) is 24.6 Å². The Hall–Kier alpha value is -1.34. The molecule has 1 unspecified atom stereocenters. The molecule has 1 atom stereocenters. The number of hydrogen-bond donors (Lipinski definition) is 1. The molecule has 6 nitrogen and oxygen atoms in total. The number of anilines is 2. The van der Waals surface area contributed by atoms with Crippen LogP contribution >= 0.6 is 11.3 Å². The highest BCUT2D eigenvalue weighted by atomic mass is 32.1. The number of amides is 1. The van der Waals surface area contributed by atoms with E-state index in [1.54, 1.807) is 7.11 Å². The van der Waals surface area contributed by atoms with Crippen LogP contribution in [0, 0.1) is 5.92 Å². The van der Waals surface area contributed by atoms with Gasteiger partial charge in [0.1, 0.15) is 10.7 Å². The number of carbonyl (C=O) groups is 1. The monoisotopic (exact) mass is 284 g/mol. The van der Waals surface area contributed by atoms with E-state index in [1.165, 1.54) is 11.3 Å². The van der Waals surface area contributed by atoms with Crippen molar-refractivity contribution in [1.29, 1.82) is 0 Å².